The molecule has 5 heteroatoms. The van der Waals surface area contributed by atoms with Gasteiger partial charge in [-0.2, -0.15) is 0 Å². The first kappa shape index (κ1) is 13.0. The maximum absolute atomic E-state index is 11.9. The Morgan fingerprint density at radius 1 is 1.39 bits per heavy atom. The van der Waals surface area contributed by atoms with Gasteiger partial charge >= 0.3 is 0 Å². The molecule has 4 nitrogen and oxygen atoms in total. The van der Waals surface area contributed by atoms with Gasteiger partial charge in [-0.1, -0.05) is 31.4 Å². The van der Waals surface area contributed by atoms with Crippen molar-refractivity contribution in [2.45, 2.75) is 26.2 Å². The molecule has 0 fully saturated rings. The average molecular weight is 270 g/mol. The van der Waals surface area contributed by atoms with Crippen LogP contribution in [0.15, 0.2) is 12.1 Å². The SMILES string of the molecule is CCCCCNC(=O)c1cc(Cl)c2c(c1)OCO2. The van der Waals surface area contributed by atoms with E-state index >= 15 is 0 Å². The molecule has 18 heavy (non-hydrogen) atoms. The van der Waals surface area contributed by atoms with E-state index in [0.29, 0.717) is 28.6 Å². The summed E-state index contributed by atoms with van der Waals surface area (Å²) in [5, 5.41) is 3.26. The van der Waals surface area contributed by atoms with E-state index in [9.17, 15) is 4.79 Å². The summed E-state index contributed by atoms with van der Waals surface area (Å²) in [5.41, 5.74) is 0.501. The van der Waals surface area contributed by atoms with Gasteiger partial charge in [0, 0.05) is 12.1 Å². The highest BCUT2D eigenvalue weighted by Crippen LogP contribution is 2.39. The first-order valence-corrected chi connectivity index (χ1v) is 6.47. The maximum atomic E-state index is 11.9. The molecule has 0 aromatic heterocycles. The maximum Gasteiger partial charge on any atom is 0.251 e. The Labute approximate surface area is 111 Å². The predicted octanol–water partition coefficient (Wildman–Crippen LogP) is 2.99. The highest BCUT2D eigenvalue weighted by Gasteiger charge is 2.20. The number of rotatable bonds is 5. The standard InChI is InChI=1S/C13H16ClNO3/c1-2-3-4-5-15-13(16)9-6-10(14)12-11(7-9)17-8-18-12/h6-7H,2-5,8H2,1H3,(H,15,16). The number of nitrogens with one attached hydrogen (secondary N) is 1. The van der Waals surface area contributed by atoms with Crippen LogP contribution in [-0.2, 0) is 0 Å². The van der Waals surface area contributed by atoms with Gasteiger partial charge < -0.3 is 14.8 Å². The highest BCUT2D eigenvalue weighted by molar-refractivity contribution is 6.32. The number of carbonyl (C=O) groups excluding carboxylic acids is 1. The van der Waals surface area contributed by atoms with Crippen molar-refractivity contribution in [3.05, 3.63) is 22.7 Å². The van der Waals surface area contributed by atoms with E-state index in [0.717, 1.165) is 19.3 Å². The van der Waals surface area contributed by atoms with Crippen molar-refractivity contribution in [3.63, 3.8) is 0 Å². The van der Waals surface area contributed by atoms with E-state index in [1.807, 2.05) is 0 Å². The largest absolute Gasteiger partial charge is 0.454 e. The van der Waals surface area contributed by atoms with Crippen LogP contribution >= 0.6 is 11.6 Å². The highest BCUT2D eigenvalue weighted by atomic mass is 35.5. The van der Waals surface area contributed by atoms with E-state index in [1.165, 1.54) is 0 Å². The predicted molar refractivity (Wildman–Crippen MR) is 69.4 cm³/mol. The van der Waals surface area contributed by atoms with Gasteiger partial charge in [0.2, 0.25) is 6.79 Å². The summed E-state index contributed by atoms with van der Waals surface area (Å²) in [5.74, 6) is 0.909. The Hall–Kier alpha value is -1.42. The first-order chi connectivity index (χ1) is 8.72. The molecule has 1 N–H and O–H groups in total. The number of ether oxygens (including phenoxy) is 2. The zero-order chi connectivity index (χ0) is 13.0. The number of halogens is 1. The van der Waals surface area contributed by atoms with Crippen molar-refractivity contribution < 1.29 is 14.3 Å². The van der Waals surface area contributed by atoms with E-state index in [4.69, 9.17) is 21.1 Å². The molecule has 0 atom stereocenters. The molecule has 0 unspecified atom stereocenters. The minimum absolute atomic E-state index is 0.133. The van der Waals surface area contributed by atoms with Crippen molar-refractivity contribution in [3.8, 4) is 11.5 Å². The summed E-state index contributed by atoms with van der Waals surface area (Å²) in [6.07, 6.45) is 3.23. The third kappa shape index (κ3) is 2.88. The van der Waals surface area contributed by atoms with Crippen LogP contribution in [-0.4, -0.2) is 19.2 Å². The van der Waals surface area contributed by atoms with Crippen LogP contribution in [0, 0.1) is 0 Å². The van der Waals surface area contributed by atoms with Crippen LogP contribution in [0.25, 0.3) is 0 Å². The van der Waals surface area contributed by atoms with Gasteiger partial charge in [-0.25, -0.2) is 0 Å². The van der Waals surface area contributed by atoms with E-state index in [2.05, 4.69) is 12.2 Å². The Balaban J connectivity index is 2.00. The second-order valence-electron chi connectivity index (χ2n) is 4.15. The molecular formula is C13H16ClNO3. The third-order valence-corrected chi connectivity index (χ3v) is 3.04. The first-order valence-electron chi connectivity index (χ1n) is 6.09. The summed E-state index contributed by atoms with van der Waals surface area (Å²) >= 11 is 6.02. The number of hydrogen-bond donors (Lipinski definition) is 1. The molecule has 0 radical (unpaired) electrons. The smallest absolute Gasteiger partial charge is 0.251 e. The van der Waals surface area contributed by atoms with Crippen molar-refractivity contribution in [1.82, 2.24) is 5.32 Å². The van der Waals surface area contributed by atoms with Crippen LogP contribution in [0.2, 0.25) is 5.02 Å². The lowest BCUT2D eigenvalue weighted by molar-refractivity contribution is 0.0952. The second kappa shape index (κ2) is 5.96. The fourth-order valence-corrected chi connectivity index (χ4v) is 2.04. The number of carbonyl (C=O) groups is 1. The van der Waals surface area contributed by atoms with Gasteiger partial charge in [-0.15, -0.1) is 0 Å². The van der Waals surface area contributed by atoms with E-state index in [1.54, 1.807) is 12.1 Å². The second-order valence-corrected chi connectivity index (χ2v) is 4.56. The summed E-state index contributed by atoms with van der Waals surface area (Å²) in [7, 11) is 0. The summed E-state index contributed by atoms with van der Waals surface area (Å²) < 4.78 is 10.4. The molecule has 98 valence electrons. The minimum atomic E-state index is -0.133. The molecule has 1 aromatic rings. The lowest BCUT2D eigenvalue weighted by atomic mass is 10.2. The molecule has 1 amide bonds. The molecule has 0 spiro atoms. The fourth-order valence-electron chi connectivity index (χ4n) is 1.78. The molecule has 1 aromatic carbocycles. The lowest BCUT2D eigenvalue weighted by Gasteiger charge is -2.06. The van der Waals surface area contributed by atoms with Gasteiger partial charge in [0.25, 0.3) is 5.91 Å². The van der Waals surface area contributed by atoms with Crippen LogP contribution in [0.4, 0.5) is 0 Å². The third-order valence-electron chi connectivity index (χ3n) is 2.76. The van der Waals surface area contributed by atoms with Crippen molar-refractivity contribution >= 4 is 17.5 Å². The molecular weight excluding hydrogens is 254 g/mol. The fraction of sp³-hybridized carbons (Fsp3) is 0.462. The number of unbranched alkanes of at least 4 members (excludes halogenated alkanes) is 2. The van der Waals surface area contributed by atoms with Crippen LogP contribution in [0.5, 0.6) is 11.5 Å². The van der Waals surface area contributed by atoms with Gasteiger partial charge in [-0.3, -0.25) is 4.79 Å². The zero-order valence-electron chi connectivity index (χ0n) is 10.3. The molecule has 1 aliphatic heterocycles. The molecule has 0 saturated heterocycles. The number of hydrogen-bond acceptors (Lipinski definition) is 3. The molecule has 2 rings (SSSR count). The Morgan fingerprint density at radius 2 is 2.22 bits per heavy atom. The monoisotopic (exact) mass is 269 g/mol. The minimum Gasteiger partial charge on any atom is -0.454 e. The normalized spacial score (nSPS) is 12.6. The van der Waals surface area contributed by atoms with E-state index in [-0.39, 0.29) is 12.7 Å². The summed E-state index contributed by atoms with van der Waals surface area (Å²) in [4.78, 5) is 11.9. The van der Waals surface area contributed by atoms with Crippen LogP contribution in [0.3, 0.4) is 0 Å². The molecule has 0 saturated carbocycles. The van der Waals surface area contributed by atoms with Crippen molar-refractivity contribution in [1.29, 1.82) is 0 Å². The quantitative estimate of drug-likeness (QED) is 0.836. The van der Waals surface area contributed by atoms with Crippen LogP contribution in [0.1, 0.15) is 36.5 Å². The summed E-state index contributed by atoms with van der Waals surface area (Å²) in [6.45, 7) is 2.95. The number of benzene rings is 1. The molecule has 1 aliphatic rings. The van der Waals surface area contributed by atoms with Gasteiger partial charge in [-0.05, 0) is 18.6 Å². The number of fused-ring (bicyclic) bond motifs is 1. The van der Waals surface area contributed by atoms with E-state index < -0.39 is 0 Å². The van der Waals surface area contributed by atoms with Crippen molar-refractivity contribution in [2.75, 3.05) is 13.3 Å². The molecule has 0 bridgehead atoms. The van der Waals surface area contributed by atoms with Gasteiger partial charge in [0.1, 0.15) is 0 Å². The Morgan fingerprint density at radius 3 is 3.00 bits per heavy atom. The van der Waals surface area contributed by atoms with Gasteiger partial charge in [0.05, 0.1) is 5.02 Å². The molecule has 0 aliphatic carbocycles. The Bertz CT molecular complexity index is 448. The molecule has 1 heterocycles. The van der Waals surface area contributed by atoms with Crippen molar-refractivity contribution in [2.24, 2.45) is 0 Å². The Kier molecular flexibility index (Phi) is 4.31. The topological polar surface area (TPSA) is 47.6 Å². The number of amides is 1. The lowest BCUT2D eigenvalue weighted by Crippen LogP contribution is -2.24. The summed E-state index contributed by atoms with van der Waals surface area (Å²) in [6, 6.07) is 3.26. The van der Waals surface area contributed by atoms with Crippen LogP contribution < -0.4 is 14.8 Å². The average Bonchev–Trinajstić information content (AvgIpc) is 2.83. The zero-order valence-corrected chi connectivity index (χ0v) is 11.0. The van der Waals surface area contributed by atoms with Gasteiger partial charge in [0.15, 0.2) is 11.5 Å².